The Morgan fingerprint density at radius 3 is 2.85 bits per heavy atom. The lowest BCUT2D eigenvalue weighted by molar-refractivity contribution is 0.0937. The second-order valence-electron chi connectivity index (χ2n) is 4.59. The molecule has 0 aliphatic carbocycles. The number of carbonyl (C=O) groups excluding carboxylic acids is 1. The Kier molecular flexibility index (Phi) is 4.63. The third kappa shape index (κ3) is 3.51. The SMILES string of the molecule is COc1ccc(C(=O)N[C@@H](C)Cc2ccsc2)c(O)c1. The van der Waals surface area contributed by atoms with Crippen LogP contribution in [0.1, 0.15) is 22.8 Å². The Morgan fingerprint density at radius 1 is 1.45 bits per heavy atom. The van der Waals surface area contributed by atoms with Crippen molar-refractivity contribution in [3.8, 4) is 11.5 Å². The van der Waals surface area contributed by atoms with Gasteiger partial charge in [0.05, 0.1) is 12.7 Å². The number of hydrogen-bond acceptors (Lipinski definition) is 4. The maximum absolute atomic E-state index is 12.1. The van der Waals surface area contributed by atoms with Crippen molar-refractivity contribution in [2.45, 2.75) is 19.4 Å². The van der Waals surface area contributed by atoms with E-state index in [0.717, 1.165) is 6.42 Å². The smallest absolute Gasteiger partial charge is 0.255 e. The molecule has 0 aliphatic heterocycles. The first-order chi connectivity index (χ1) is 9.60. The summed E-state index contributed by atoms with van der Waals surface area (Å²) in [6.07, 6.45) is 0.770. The highest BCUT2D eigenvalue weighted by molar-refractivity contribution is 7.07. The van der Waals surface area contributed by atoms with Gasteiger partial charge in [-0.3, -0.25) is 4.79 Å². The Morgan fingerprint density at radius 2 is 2.25 bits per heavy atom. The number of benzene rings is 1. The molecule has 2 N–H and O–H groups in total. The van der Waals surface area contributed by atoms with Crippen molar-refractivity contribution in [3.63, 3.8) is 0 Å². The number of thiophene rings is 1. The predicted molar refractivity (Wildman–Crippen MR) is 79.6 cm³/mol. The fourth-order valence-electron chi connectivity index (χ4n) is 1.95. The van der Waals surface area contributed by atoms with Crippen LogP contribution in [0.4, 0.5) is 0 Å². The van der Waals surface area contributed by atoms with Gasteiger partial charge in [-0.25, -0.2) is 0 Å². The van der Waals surface area contributed by atoms with Crippen LogP contribution in [0, 0.1) is 0 Å². The van der Waals surface area contributed by atoms with Gasteiger partial charge in [0.2, 0.25) is 0 Å². The lowest BCUT2D eigenvalue weighted by Gasteiger charge is -2.14. The van der Waals surface area contributed by atoms with Crippen LogP contribution in [0.25, 0.3) is 0 Å². The zero-order valence-electron chi connectivity index (χ0n) is 11.4. The number of phenols is 1. The van der Waals surface area contributed by atoms with Crippen molar-refractivity contribution in [2.24, 2.45) is 0 Å². The quantitative estimate of drug-likeness (QED) is 0.890. The molecule has 106 valence electrons. The number of amides is 1. The monoisotopic (exact) mass is 291 g/mol. The van der Waals surface area contributed by atoms with E-state index in [9.17, 15) is 9.90 Å². The van der Waals surface area contributed by atoms with Gasteiger partial charge in [-0.05, 0) is 47.9 Å². The molecule has 1 atom stereocenters. The number of rotatable bonds is 5. The van der Waals surface area contributed by atoms with Crippen molar-refractivity contribution in [1.82, 2.24) is 5.32 Å². The van der Waals surface area contributed by atoms with Crippen LogP contribution in [-0.2, 0) is 6.42 Å². The Balaban J connectivity index is 2.00. The second-order valence-corrected chi connectivity index (χ2v) is 5.37. The molecule has 1 heterocycles. The normalized spacial score (nSPS) is 11.9. The van der Waals surface area contributed by atoms with Crippen LogP contribution < -0.4 is 10.1 Å². The predicted octanol–water partition coefficient (Wildman–Crippen LogP) is 2.82. The summed E-state index contributed by atoms with van der Waals surface area (Å²) in [5.41, 5.74) is 1.45. The first-order valence-corrected chi connectivity index (χ1v) is 7.23. The summed E-state index contributed by atoms with van der Waals surface area (Å²) in [5.74, 6) is 0.155. The zero-order chi connectivity index (χ0) is 14.5. The summed E-state index contributed by atoms with van der Waals surface area (Å²) in [6, 6.07) is 6.67. The van der Waals surface area contributed by atoms with Crippen molar-refractivity contribution < 1.29 is 14.6 Å². The van der Waals surface area contributed by atoms with Gasteiger partial charge in [0.1, 0.15) is 11.5 Å². The van der Waals surface area contributed by atoms with E-state index >= 15 is 0 Å². The summed E-state index contributed by atoms with van der Waals surface area (Å²) in [7, 11) is 1.51. The molecule has 0 spiro atoms. The second kappa shape index (κ2) is 6.43. The minimum atomic E-state index is -0.284. The fraction of sp³-hybridized carbons (Fsp3) is 0.267. The first-order valence-electron chi connectivity index (χ1n) is 6.29. The van der Waals surface area contributed by atoms with Crippen LogP contribution in [0.2, 0.25) is 0 Å². The molecule has 0 radical (unpaired) electrons. The maximum atomic E-state index is 12.1. The van der Waals surface area contributed by atoms with E-state index in [1.54, 1.807) is 23.5 Å². The Hall–Kier alpha value is -2.01. The van der Waals surface area contributed by atoms with Crippen LogP contribution in [-0.4, -0.2) is 24.2 Å². The summed E-state index contributed by atoms with van der Waals surface area (Å²) >= 11 is 1.64. The lowest BCUT2D eigenvalue weighted by atomic mass is 10.1. The van der Waals surface area contributed by atoms with E-state index in [1.807, 2.05) is 18.4 Å². The van der Waals surface area contributed by atoms with E-state index in [4.69, 9.17) is 4.74 Å². The number of ether oxygens (including phenoxy) is 1. The molecule has 0 bridgehead atoms. The van der Waals surface area contributed by atoms with Crippen LogP contribution in [0.15, 0.2) is 35.0 Å². The number of aromatic hydroxyl groups is 1. The van der Waals surface area contributed by atoms with E-state index in [1.165, 1.54) is 18.7 Å². The van der Waals surface area contributed by atoms with Gasteiger partial charge in [0.25, 0.3) is 5.91 Å². The molecule has 20 heavy (non-hydrogen) atoms. The van der Waals surface area contributed by atoms with E-state index in [-0.39, 0.29) is 23.3 Å². The molecule has 0 fully saturated rings. The minimum Gasteiger partial charge on any atom is -0.507 e. The molecular weight excluding hydrogens is 274 g/mol. The van der Waals surface area contributed by atoms with Crippen molar-refractivity contribution in [3.05, 3.63) is 46.2 Å². The molecule has 0 unspecified atom stereocenters. The molecule has 2 rings (SSSR count). The number of carbonyl (C=O) groups is 1. The number of hydrogen-bond donors (Lipinski definition) is 2. The molecule has 2 aromatic rings. The summed E-state index contributed by atoms with van der Waals surface area (Å²) in [6.45, 7) is 1.94. The third-order valence-corrected chi connectivity index (χ3v) is 3.68. The molecule has 1 aromatic heterocycles. The summed E-state index contributed by atoms with van der Waals surface area (Å²) in [4.78, 5) is 12.1. The average molecular weight is 291 g/mol. The topological polar surface area (TPSA) is 58.6 Å². The maximum Gasteiger partial charge on any atom is 0.255 e. The van der Waals surface area contributed by atoms with Gasteiger partial charge in [-0.1, -0.05) is 0 Å². The molecular formula is C15H17NO3S. The van der Waals surface area contributed by atoms with E-state index < -0.39 is 0 Å². The molecule has 0 saturated carbocycles. The molecule has 0 saturated heterocycles. The number of nitrogens with one attached hydrogen (secondary N) is 1. The lowest BCUT2D eigenvalue weighted by Crippen LogP contribution is -2.34. The van der Waals surface area contributed by atoms with Crippen molar-refractivity contribution in [2.75, 3.05) is 7.11 Å². The molecule has 1 amide bonds. The van der Waals surface area contributed by atoms with Gasteiger partial charge in [0.15, 0.2) is 0 Å². The highest BCUT2D eigenvalue weighted by Gasteiger charge is 2.14. The summed E-state index contributed by atoms with van der Waals surface area (Å²) < 4.78 is 4.99. The number of methoxy groups -OCH3 is 1. The van der Waals surface area contributed by atoms with Crippen LogP contribution >= 0.6 is 11.3 Å². The minimum absolute atomic E-state index is 0.00129. The zero-order valence-corrected chi connectivity index (χ0v) is 12.2. The third-order valence-electron chi connectivity index (χ3n) is 2.95. The highest BCUT2D eigenvalue weighted by Crippen LogP contribution is 2.23. The van der Waals surface area contributed by atoms with Gasteiger partial charge in [-0.2, -0.15) is 11.3 Å². The van der Waals surface area contributed by atoms with Crippen molar-refractivity contribution >= 4 is 17.2 Å². The largest absolute Gasteiger partial charge is 0.507 e. The van der Waals surface area contributed by atoms with Crippen LogP contribution in [0.5, 0.6) is 11.5 Å². The van der Waals surface area contributed by atoms with E-state index in [0.29, 0.717) is 5.75 Å². The average Bonchev–Trinajstić information content (AvgIpc) is 2.90. The van der Waals surface area contributed by atoms with Crippen molar-refractivity contribution in [1.29, 1.82) is 0 Å². The molecule has 1 aromatic carbocycles. The van der Waals surface area contributed by atoms with Gasteiger partial charge < -0.3 is 15.2 Å². The number of phenolic OH excluding ortho intramolecular Hbond substituents is 1. The first kappa shape index (κ1) is 14.4. The van der Waals surface area contributed by atoms with E-state index in [2.05, 4.69) is 10.7 Å². The molecule has 0 aliphatic rings. The highest BCUT2D eigenvalue weighted by atomic mass is 32.1. The van der Waals surface area contributed by atoms with Crippen LogP contribution in [0.3, 0.4) is 0 Å². The Labute approximate surface area is 122 Å². The molecule has 5 heteroatoms. The summed E-state index contributed by atoms with van der Waals surface area (Å²) in [5, 5.41) is 16.8. The van der Waals surface area contributed by atoms with Gasteiger partial charge in [-0.15, -0.1) is 0 Å². The Bertz CT molecular complexity index is 581. The molecule has 4 nitrogen and oxygen atoms in total. The fourth-order valence-corrected chi connectivity index (χ4v) is 2.63. The van der Waals surface area contributed by atoms with Gasteiger partial charge >= 0.3 is 0 Å². The van der Waals surface area contributed by atoms with Gasteiger partial charge in [0, 0.05) is 12.1 Å². The standard InChI is InChI=1S/C15H17NO3S/c1-10(7-11-5-6-20-9-11)16-15(18)13-4-3-12(19-2)8-14(13)17/h3-6,8-10,17H,7H2,1-2H3,(H,16,18)/t10-/m0/s1.